The van der Waals surface area contributed by atoms with Crippen LogP contribution in [0.25, 0.3) is 0 Å². The van der Waals surface area contributed by atoms with Crippen LogP contribution < -0.4 is 10.0 Å². The van der Waals surface area contributed by atoms with Crippen LogP contribution in [0.15, 0.2) is 52.3 Å². The molecule has 0 spiro atoms. The van der Waals surface area contributed by atoms with Gasteiger partial charge >= 0.3 is 0 Å². The van der Waals surface area contributed by atoms with E-state index in [2.05, 4.69) is 10.0 Å². The van der Waals surface area contributed by atoms with Crippen LogP contribution in [0, 0.1) is 6.92 Å². The Hall–Kier alpha value is -2.18. The normalized spacial score (nSPS) is 20.0. The lowest BCUT2D eigenvalue weighted by atomic mass is 10.2. The summed E-state index contributed by atoms with van der Waals surface area (Å²) in [6.45, 7) is 4.17. The molecule has 0 aromatic heterocycles. The van der Waals surface area contributed by atoms with Gasteiger partial charge in [-0.05, 0) is 55.7 Å². The van der Waals surface area contributed by atoms with Crippen molar-refractivity contribution in [3.63, 3.8) is 0 Å². The van der Waals surface area contributed by atoms with E-state index in [1.54, 1.807) is 18.2 Å². The number of morpholine rings is 1. The van der Waals surface area contributed by atoms with Gasteiger partial charge in [0.2, 0.25) is 10.0 Å². The van der Waals surface area contributed by atoms with Crippen LogP contribution in [-0.4, -0.2) is 66.7 Å². The van der Waals surface area contributed by atoms with Gasteiger partial charge in [0.25, 0.3) is 10.0 Å². The molecule has 2 N–H and O–H groups in total. The fourth-order valence-corrected chi connectivity index (χ4v) is 6.48. The van der Waals surface area contributed by atoms with Gasteiger partial charge in [-0.3, -0.25) is 4.72 Å². The van der Waals surface area contributed by atoms with E-state index in [0.29, 0.717) is 32.1 Å². The summed E-state index contributed by atoms with van der Waals surface area (Å²) in [6.07, 6.45) is 1.93. The number of anilines is 2. The molecule has 11 heteroatoms. The topological polar surface area (TPSA) is 114 Å². The van der Waals surface area contributed by atoms with Gasteiger partial charge in [-0.2, -0.15) is 4.31 Å². The Morgan fingerprint density at radius 2 is 1.76 bits per heavy atom. The maximum absolute atomic E-state index is 13.2. The van der Waals surface area contributed by atoms with Crippen molar-refractivity contribution < 1.29 is 26.3 Å². The van der Waals surface area contributed by atoms with Crippen LogP contribution >= 0.6 is 0 Å². The number of benzene rings is 2. The molecule has 2 aliphatic rings. The fraction of sp³-hybridized carbons (Fsp3) is 0.455. The Balaban J connectivity index is 1.66. The quantitative estimate of drug-likeness (QED) is 0.578. The molecule has 0 amide bonds. The van der Waals surface area contributed by atoms with Crippen molar-refractivity contribution in [2.75, 3.05) is 49.5 Å². The summed E-state index contributed by atoms with van der Waals surface area (Å²) in [6, 6.07) is 11.0. The summed E-state index contributed by atoms with van der Waals surface area (Å²) < 4.78 is 67.3. The third kappa shape index (κ3) is 5.67. The molecule has 0 saturated carbocycles. The molecule has 0 radical (unpaired) electrons. The van der Waals surface area contributed by atoms with Gasteiger partial charge in [0, 0.05) is 26.2 Å². The van der Waals surface area contributed by atoms with Crippen molar-refractivity contribution in [2.24, 2.45) is 0 Å². The van der Waals surface area contributed by atoms with E-state index in [1.807, 2.05) is 13.0 Å². The lowest BCUT2D eigenvalue weighted by molar-refractivity contribution is 0.0730. The summed E-state index contributed by atoms with van der Waals surface area (Å²) in [5.41, 5.74) is 1.46. The molecular formula is C22H29N3O6S2. The van der Waals surface area contributed by atoms with Gasteiger partial charge < -0.3 is 14.8 Å². The van der Waals surface area contributed by atoms with Crippen molar-refractivity contribution in [3.8, 4) is 0 Å². The molecule has 4 rings (SSSR count). The van der Waals surface area contributed by atoms with Crippen LogP contribution in [0.4, 0.5) is 11.4 Å². The first-order chi connectivity index (χ1) is 15.8. The number of sulfonamides is 2. The number of nitrogens with zero attached hydrogens (tertiary/aromatic N) is 1. The predicted molar refractivity (Wildman–Crippen MR) is 125 cm³/mol. The van der Waals surface area contributed by atoms with E-state index in [9.17, 15) is 16.8 Å². The van der Waals surface area contributed by atoms with Crippen molar-refractivity contribution >= 4 is 31.4 Å². The largest absolute Gasteiger partial charge is 0.381 e. The predicted octanol–water partition coefficient (Wildman–Crippen LogP) is 2.41. The van der Waals surface area contributed by atoms with Gasteiger partial charge in [0.05, 0.1) is 40.5 Å². The molecule has 2 aromatic carbocycles. The zero-order valence-corrected chi connectivity index (χ0v) is 20.1. The maximum atomic E-state index is 13.2. The number of aryl methyl sites for hydroxylation is 1. The van der Waals surface area contributed by atoms with Crippen LogP contribution in [0.5, 0.6) is 0 Å². The molecule has 0 aliphatic carbocycles. The molecule has 2 heterocycles. The second-order valence-electron chi connectivity index (χ2n) is 8.16. The summed E-state index contributed by atoms with van der Waals surface area (Å²) in [7, 11) is -7.73. The second kappa shape index (κ2) is 9.98. The third-order valence-electron chi connectivity index (χ3n) is 5.69. The third-order valence-corrected chi connectivity index (χ3v) is 8.95. The first-order valence-electron chi connectivity index (χ1n) is 10.9. The van der Waals surface area contributed by atoms with Gasteiger partial charge in [0.15, 0.2) is 0 Å². The zero-order valence-electron chi connectivity index (χ0n) is 18.5. The highest BCUT2D eigenvalue weighted by Gasteiger charge is 2.28. The lowest BCUT2D eigenvalue weighted by Gasteiger charge is -2.26. The average molecular weight is 496 g/mol. The zero-order chi connectivity index (χ0) is 23.5. The van der Waals surface area contributed by atoms with E-state index < -0.39 is 20.0 Å². The van der Waals surface area contributed by atoms with E-state index in [1.165, 1.54) is 22.5 Å². The molecule has 180 valence electrons. The SMILES string of the molecule is Cc1cccc(S(=O)(=O)Nc2cc(S(=O)(=O)N3CCOCC3)ccc2NCC2CCCO2)c1. The molecule has 2 aromatic rings. The van der Waals surface area contributed by atoms with Gasteiger partial charge in [-0.25, -0.2) is 16.8 Å². The smallest absolute Gasteiger partial charge is 0.261 e. The van der Waals surface area contributed by atoms with Crippen LogP contribution in [0.2, 0.25) is 0 Å². The molecule has 1 atom stereocenters. The van der Waals surface area contributed by atoms with Crippen LogP contribution in [-0.2, 0) is 29.5 Å². The number of hydrogen-bond acceptors (Lipinski definition) is 7. The van der Waals surface area contributed by atoms with Gasteiger partial charge in [-0.15, -0.1) is 0 Å². The average Bonchev–Trinajstić information content (AvgIpc) is 3.32. The summed E-state index contributed by atoms with van der Waals surface area (Å²) in [4.78, 5) is 0.128. The first-order valence-corrected chi connectivity index (χ1v) is 13.8. The van der Waals surface area contributed by atoms with Gasteiger partial charge in [-0.1, -0.05) is 12.1 Å². The molecule has 33 heavy (non-hydrogen) atoms. The summed E-state index contributed by atoms with van der Waals surface area (Å²) in [5.74, 6) is 0. The minimum atomic E-state index is -3.93. The standard InChI is InChI=1S/C22H29N3O6S2/c1-17-4-2-6-19(14-17)32(26,27)24-22-15-20(33(28,29)25-9-12-30-13-10-25)7-8-21(22)23-16-18-5-3-11-31-18/h2,4,6-8,14-15,18,23-24H,3,5,9-13,16H2,1H3. The van der Waals surface area contributed by atoms with Crippen LogP contribution in [0.3, 0.4) is 0 Å². The Labute approximate surface area is 195 Å². The number of hydrogen-bond donors (Lipinski definition) is 2. The minimum Gasteiger partial charge on any atom is -0.381 e. The number of rotatable bonds is 8. The van der Waals surface area contributed by atoms with Crippen molar-refractivity contribution in [2.45, 2.75) is 35.7 Å². The van der Waals surface area contributed by atoms with Crippen LogP contribution in [0.1, 0.15) is 18.4 Å². The Kier molecular flexibility index (Phi) is 7.25. The summed E-state index contributed by atoms with van der Waals surface area (Å²) in [5, 5.41) is 3.22. The number of nitrogens with one attached hydrogen (secondary N) is 2. The Morgan fingerprint density at radius 3 is 2.45 bits per heavy atom. The molecule has 0 bridgehead atoms. The van der Waals surface area contributed by atoms with Crippen molar-refractivity contribution in [1.82, 2.24) is 4.31 Å². The fourth-order valence-electron chi connectivity index (χ4n) is 3.87. The highest BCUT2D eigenvalue weighted by molar-refractivity contribution is 7.92. The van der Waals surface area contributed by atoms with E-state index >= 15 is 0 Å². The molecule has 2 fully saturated rings. The molecule has 9 nitrogen and oxygen atoms in total. The Bertz CT molecular complexity index is 1190. The Morgan fingerprint density at radius 1 is 0.970 bits per heavy atom. The highest BCUT2D eigenvalue weighted by atomic mass is 32.2. The number of ether oxygens (including phenoxy) is 2. The molecule has 2 aliphatic heterocycles. The van der Waals surface area contributed by atoms with E-state index in [-0.39, 0.29) is 34.7 Å². The second-order valence-corrected chi connectivity index (χ2v) is 11.8. The lowest BCUT2D eigenvalue weighted by Crippen LogP contribution is -2.40. The first kappa shape index (κ1) is 24.0. The van der Waals surface area contributed by atoms with E-state index in [0.717, 1.165) is 18.4 Å². The van der Waals surface area contributed by atoms with Gasteiger partial charge in [0.1, 0.15) is 0 Å². The maximum Gasteiger partial charge on any atom is 0.261 e. The molecular weight excluding hydrogens is 466 g/mol. The van der Waals surface area contributed by atoms with E-state index in [4.69, 9.17) is 9.47 Å². The molecule has 2 saturated heterocycles. The van der Waals surface area contributed by atoms with Crippen molar-refractivity contribution in [3.05, 3.63) is 48.0 Å². The monoisotopic (exact) mass is 495 g/mol. The molecule has 1 unspecified atom stereocenters. The minimum absolute atomic E-state index is 0.0222. The van der Waals surface area contributed by atoms with Crippen molar-refractivity contribution in [1.29, 1.82) is 0 Å². The highest BCUT2D eigenvalue weighted by Crippen LogP contribution is 2.30. The summed E-state index contributed by atoms with van der Waals surface area (Å²) >= 11 is 0.